The summed E-state index contributed by atoms with van der Waals surface area (Å²) in [6.45, 7) is 13.9. The first-order chi connectivity index (χ1) is 11.5. The van der Waals surface area contributed by atoms with Crippen molar-refractivity contribution in [2.24, 2.45) is 5.41 Å². The lowest BCUT2D eigenvalue weighted by Crippen LogP contribution is -2.44. The normalized spacial score (nSPS) is 18.5. The fourth-order valence-electron chi connectivity index (χ4n) is 2.08. The smallest absolute Gasteiger partial charge is 0.113 e. The van der Waals surface area contributed by atoms with Gasteiger partial charge in [-0.25, -0.2) is 0 Å². The molecule has 0 amide bonds. The molecule has 0 aliphatic heterocycles. The minimum Gasteiger partial charge on any atom is -0.396 e. The molecule has 4 radical (unpaired) electrons. The Bertz CT molecular complexity index is 350. The third kappa shape index (κ3) is 11.3. The number of ether oxygens (including phenoxy) is 4. The second kappa shape index (κ2) is 11.6. The van der Waals surface area contributed by atoms with Crippen LogP contribution in [0.5, 0.6) is 0 Å². The summed E-state index contributed by atoms with van der Waals surface area (Å²) < 4.78 is 23.2. The molecule has 0 heterocycles. The molecular weight excluding hydrogens is 318 g/mol. The molecule has 5 nitrogen and oxygen atoms in total. The van der Waals surface area contributed by atoms with Crippen LogP contribution in [-0.2, 0) is 18.9 Å². The molecule has 3 atom stereocenters. The Balaban J connectivity index is 4.89. The minimum atomic E-state index is -0.880. The average molecular weight is 354 g/mol. The van der Waals surface area contributed by atoms with Gasteiger partial charge in [-0.15, -0.1) is 0 Å². The van der Waals surface area contributed by atoms with Crippen molar-refractivity contribution in [2.75, 3.05) is 39.6 Å². The zero-order chi connectivity index (χ0) is 19.6. The molecule has 0 aromatic carbocycles. The van der Waals surface area contributed by atoms with Crippen molar-refractivity contribution in [1.29, 1.82) is 0 Å². The van der Waals surface area contributed by atoms with Crippen LogP contribution in [0.15, 0.2) is 0 Å². The van der Waals surface area contributed by atoms with Crippen molar-refractivity contribution >= 4 is 15.7 Å². The lowest BCUT2D eigenvalue weighted by atomic mass is 9.79. The molecule has 0 spiro atoms. The zero-order valence-electron chi connectivity index (χ0n) is 17.0. The van der Waals surface area contributed by atoms with Gasteiger partial charge in [0.2, 0.25) is 0 Å². The third-order valence-corrected chi connectivity index (χ3v) is 4.14. The summed E-state index contributed by atoms with van der Waals surface area (Å²) in [6.07, 6.45) is 1.18. The first kappa shape index (κ1) is 24.9. The molecule has 0 saturated heterocycles. The molecule has 0 aliphatic rings. The predicted octanol–water partition coefficient (Wildman–Crippen LogP) is 2.03. The number of aliphatic hydroxyl groups is 1. The van der Waals surface area contributed by atoms with E-state index in [2.05, 4.69) is 6.92 Å². The molecule has 0 bridgehead atoms. The van der Waals surface area contributed by atoms with Crippen LogP contribution in [0.2, 0.25) is 0 Å². The van der Waals surface area contributed by atoms with Crippen LogP contribution in [0.4, 0.5) is 0 Å². The molecule has 0 aromatic rings. The molecule has 0 aromatic heterocycles. The lowest BCUT2D eigenvalue weighted by Gasteiger charge is -2.38. The first-order valence-corrected chi connectivity index (χ1v) is 9.14. The van der Waals surface area contributed by atoms with E-state index >= 15 is 0 Å². The van der Waals surface area contributed by atoms with Crippen molar-refractivity contribution in [3.05, 3.63) is 0 Å². The molecule has 0 fully saturated rings. The standard InChI is InChI=1S/C18H36B2O5/c1-7-18(12-22-8-2,14-25-17(6,20)9-10-21)13-24-16(4,5)11-23-15(3)19/h15,21H,7-14H2,1-6H3. The Kier molecular flexibility index (Phi) is 11.6. The van der Waals surface area contributed by atoms with E-state index < -0.39 is 11.1 Å². The maximum absolute atomic E-state index is 9.11. The monoisotopic (exact) mass is 354 g/mol. The Morgan fingerprint density at radius 1 is 1.00 bits per heavy atom. The van der Waals surface area contributed by atoms with Crippen LogP contribution in [0, 0.1) is 5.41 Å². The van der Waals surface area contributed by atoms with E-state index in [1.165, 1.54) is 0 Å². The number of aliphatic hydroxyl groups excluding tert-OH is 1. The second-order valence-corrected chi connectivity index (χ2v) is 7.63. The van der Waals surface area contributed by atoms with E-state index in [0.29, 0.717) is 39.5 Å². The van der Waals surface area contributed by atoms with Gasteiger partial charge in [-0.05, 0) is 47.5 Å². The van der Waals surface area contributed by atoms with Crippen LogP contribution in [0.3, 0.4) is 0 Å². The van der Waals surface area contributed by atoms with E-state index in [0.717, 1.165) is 6.42 Å². The van der Waals surface area contributed by atoms with Gasteiger partial charge in [0.25, 0.3) is 0 Å². The van der Waals surface area contributed by atoms with E-state index in [9.17, 15) is 0 Å². The van der Waals surface area contributed by atoms with Crippen LogP contribution < -0.4 is 0 Å². The molecule has 144 valence electrons. The van der Waals surface area contributed by atoms with Gasteiger partial charge in [0.1, 0.15) is 15.7 Å². The average Bonchev–Trinajstić information content (AvgIpc) is 2.53. The van der Waals surface area contributed by atoms with Gasteiger partial charge in [-0.1, -0.05) is 6.92 Å². The summed E-state index contributed by atoms with van der Waals surface area (Å²) in [7, 11) is 11.7. The first-order valence-electron chi connectivity index (χ1n) is 9.14. The summed E-state index contributed by atoms with van der Waals surface area (Å²) in [4.78, 5) is 0. The molecule has 25 heavy (non-hydrogen) atoms. The van der Waals surface area contributed by atoms with Crippen molar-refractivity contribution < 1.29 is 24.1 Å². The van der Waals surface area contributed by atoms with Crippen molar-refractivity contribution in [2.45, 2.75) is 71.5 Å². The molecule has 0 rings (SSSR count). The highest BCUT2D eigenvalue weighted by molar-refractivity contribution is 6.14. The Hall–Kier alpha value is -0.0701. The quantitative estimate of drug-likeness (QED) is 0.456. The van der Waals surface area contributed by atoms with Gasteiger partial charge in [0, 0.05) is 30.1 Å². The lowest BCUT2D eigenvalue weighted by molar-refractivity contribution is -0.145. The van der Waals surface area contributed by atoms with Crippen LogP contribution in [-0.4, -0.2) is 77.5 Å². The van der Waals surface area contributed by atoms with E-state index in [-0.39, 0.29) is 18.0 Å². The molecule has 7 heteroatoms. The Morgan fingerprint density at radius 2 is 1.60 bits per heavy atom. The molecule has 1 N–H and O–H groups in total. The van der Waals surface area contributed by atoms with Gasteiger partial charge in [0.05, 0.1) is 32.0 Å². The van der Waals surface area contributed by atoms with E-state index in [4.69, 9.17) is 39.7 Å². The fourth-order valence-corrected chi connectivity index (χ4v) is 2.08. The fraction of sp³-hybridized carbons (Fsp3) is 1.00. The van der Waals surface area contributed by atoms with Gasteiger partial charge in [-0.3, -0.25) is 0 Å². The van der Waals surface area contributed by atoms with Crippen molar-refractivity contribution in [1.82, 2.24) is 0 Å². The molecular formula is C18H36B2O5. The van der Waals surface area contributed by atoms with Gasteiger partial charge < -0.3 is 24.1 Å². The van der Waals surface area contributed by atoms with E-state index in [1.54, 1.807) is 13.8 Å². The molecule has 3 unspecified atom stereocenters. The number of rotatable bonds is 15. The highest BCUT2D eigenvalue weighted by Crippen LogP contribution is 2.28. The minimum absolute atomic E-state index is 0.0181. The van der Waals surface area contributed by atoms with Crippen molar-refractivity contribution in [3.8, 4) is 0 Å². The van der Waals surface area contributed by atoms with E-state index in [1.807, 2.05) is 20.8 Å². The summed E-state index contributed by atoms with van der Waals surface area (Å²) in [5, 5.41) is 9.11. The summed E-state index contributed by atoms with van der Waals surface area (Å²) in [5.74, 6) is 0. The maximum Gasteiger partial charge on any atom is 0.113 e. The Morgan fingerprint density at radius 3 is 2.08 bits per heavy atom. The maximum atomic E-state index is 9.11. The van der Waals surface area contributed by atoms with Gasteiger partial charge in [0.15, 0.2) is 0 Å². The highest BCUT2D eigenvalue weighted by atomic mass is 16.6. The highest BCUT2D eigenvalue weighted by Gasteiger charge is 2.34. The summed E-state index contributed by atoms with van der Waals surface area (Å²) >= 11 is 0. The number of hydrogen-bond donors (Lipinski definition) is 1. The second-order valence-electron chi connectivity index (χ2n) is 7.63. The molecule has 0 aliphatic carbocycles. The molecule has 0 saturated carbocycles. The third-order valence-electron chi connectivity index (χ3n) is 4.14. The van der Waals surface area contributed by atoms with Crippen LogP contribution in [0.25, 0.3) is 0 Å². The number of hydrogen-bond acceptors (Lipinski definition) is 5. The Labute approximate surface area is 156 Å². The van der Waals surface area contributed by atoms with Crippen LogP contribution >= 0.6 is 0 Å². The summed E-state index contributed by atoms with van der Waals surface area (Å²) in [5.41, 5.74) is -1.68. The van der Waals surface area contributed by atoms with Gasteiger partial charge >= 0.3 is 0 Å². The predicted molar refractivity (Wildman–Crippen MR) is 102 cm³/mol. The summed E-state index contributed by atoms with van der Waals surface area (Å²) in [6, 6.07) is -0.331. The SMILES string of the molecule is [B]C(C)OCC(C)(C)OCC(CC)(COCC)COC([B])(C)CCO. The largest absolute Gasteiger partial charge is 0.396 e. The van der Waals surface area contributed by atoms with Gasteiger partial charge in [-0.2, -0.15) is 0 Å². The zero-order valence-corrected chi connectivity index (χ0v) is 17.0. The van der Waals surface area contributed by atoms with Crippen LogP contribution in [0.1, 0.15) is 54.4 Å². The van der Waals surface area contributed by atoms with Crippen molar-refractivity contribution in [3.63, 3.8) is 0 Å². The topological polar surface area (TPSA) is 57.2 Å².